The Hall–Kier alpha value is -1.43. The maximum Gasteiger partial charge on any atom is 0.164 e. The van der Waals surface area contributed by atoms with E-state index in [9.17, 15) is 0 Å². The smallest absolute Gasteiger partial charge is 0.164 e. The van der Waals surface area contributed by atoms with Gasteiger partial charge in [-0.25, -0.2) is 9.97 Å². The van der Waals surface area contributed by atoms with Crippen LogP contribution in [0.3, 0.4) is 0 Å². The molecule has 0 aliphatic rings. The summed E-state index contributed by atoms with van der Waals surface area (Å²) in [7, 11) is 0. The lowest BCUT2D eigenvalue weighted by Crippen LogP contribution is -2.00. The van der Waals surface area contributed by atoms with E-state index in [4.69, 9.17) is 5.73 Å². The summed E-state index contributed by atoms with van der Waals surface area (Å²) in [6, 6.07) is 0.321. The molecule has 6 heteroatoms. The third kappa shape index (κ3) is 2.06. The van der Waals surface area contributed by atoms with Gasteiger partial charge in [-0.15, -0.1) is 0 Å². The first kappa shape index (κ1) is 11.1. The number of anilines is 1. The summed E-state index contributed by atoms with van der Waals surface area (Å²) in [6.07, 6.45) is 5.29. The van der Waals surface area contributed by atoms with Gasteiger partial charge in [-0.1, -0.05) is 0 Å². The lowest BCUT2D eigenvalue weighted by Gasteiger charge is -2.03. The summed E-state index contributed by atoms with van der Waals surface area (Å²) in [6.45, 7) is 4.13. The van der Waals surface area contributed by atoms with Crippen LogP contribution in [0.25, 0.3) is 11.4 Å². The quantitative estimate of drug-likeness (QED) is 0.917. The van der Waals surface area contributed by atoms with Gasteiger partial charge in [0, 0.05) is 18.4 Å². The van der Waals surface area contributed by atoms with Gasteiger partial charge in [0.25, 0.3) is 0 Å². The molecule has 0 saturated carbocycles. The van der Waals surface area contributed by atoms with E-state index >= 15 is 0 Å². The summed E-state index contributed by atoms with van der Waals surface area (Å²) >= 11 is 3.26. The summed E-state index contributed by atoms with van der Waals surface area (Å²) in [5.41, 5.74) is 6.57. The fourth-order valence-electron chi connectivity index (χ4n) is 1.26. The standard InChI is InChI=1S/C10H12BrN5/c1-6(2)16-5-7(3-14-16)10-13-4-8(11)9(12)15-10/h3-6H,1-2H3,(H2,12,13,15). The predicted molar refractivity (Wildman–Crippen MR) is 65.8 cm³/mol. The zero-order chi connectivity index (χ0) is 11.7. The second kappa shape index (κ2) is 4.21. The Morgan fingerprint density at radius 1 is 1.38 bits per heavy atom. The highest BCUT2D eigenvalue weighted by Crippen LogP contribution is 2.21. The van der Waals surface area contributed by atoms with E-state index in [0.717, 1.165) is 5.56 Å². The van der Waals surface area contributed by atoms with Crippen LogP contribution in [0.1, 0.15) is 19.9 Å². The van der Waals surface area contributed by atoms with Crippen molar-refractivity contribution >= 4 is 21.7 Å². The molecule has 0 spiro atoms. The van der Waals surface area contributed by atoms with Crippen molar-refractivity contribution in [2.45, 2.75) is 19.9 Å². The Morgan fingerprint density at radius 2 is 2.12 bits per heavy atom. The normalized spacial score (nSPS) is 11.0. The summed E-state index contributed by atoms with van der Waals surface area (Å²) in [4.78, 5) is 8.37. The molecule has 0 aromatic carbocycles. The molecule has 0 aliphatic carbocycles. The summed E-state index contributed by atoms with van der Waals surface area (Å²) in [5, 5.41) is 4.23. The minimum absolute atomic E-state index is 0.321. The van der Waals surface area contributed by atoms with Crippen LogP contribution in [-0.2, 0) is 0 Å². The third-order valence-electron chi connectivity index (χ3n) is 2.16. The van der Waals surface area contributed by atoms with E-state index < -0.39 is 0 Å². The lowest BCUT2D eigenvalue weighted by molar-refractivity contribution is 0.532. The molecule has 2 aromatic heterocycles. The number of nitrogen functional groups attached to an aromatic ring is 1. The van der Waals surface area contributed by atoms with E-state index in [0.29, 0.717) is 22.2 Å². The van der Waals surface area contributed by atoms with E-state index in [1.807, 2.05) is 10.9 Å². The molecule has 2 rings (SSSR count). The predicted octanol–water partition coefficient (Wildman–Crippen LogP) is 2.27. The van der Waals surface area contributed by atoms with Crippen LogP contribution in [-0.4, -0.2) is 19.7 Å². The highest BCUT2D eigenvalue weighted by Gasteiger charge is 2.08. The topological polar surface area (TPSA) is 69.6 Å². The molecular weight excluding hydrogens is 270 g/mol. The van der Waals surface area contributed by atoms with Gasteiger partial charge < -0.3 is 5.73 Å². The van der Waals surface area contributed by atoms with Gasteiger partial charge in [-0.3, -0.25) is 4.68 Å². The Kier molecular flexibility index (Phi) is 2.91. The maximum absolute atomic E-state index is 5.70. The van der Waals surface area contributed by atoms with Crippen molar-refractivity contribution in [2.24, 2.45) is 0 Å². The minimum atomic E-state index is 0.321. The molecule has 84 valence electrons. The molecule has 0 fully saturated rings. The van der Waals surface area contributed by atoms with Gasteiger partial charge in [0.15, 0.2) is 5.82 Å². The van der Waals surface area contributed by atoms with Gasteiger partial charge in [-0.05, 0) is 29.8 Å². The van der Waals surface area contributed by atoms with Gasteiger partial charge in [0.2, 0.25) is 0 Å². The molecule has 5 nitrogen and oxygen atoms in total. The molecule has 0 unspecified atom stereocenters. The number of rotatable bonds is 2. The molecular formula is C10H12BrN5. The summed E-state index contributed by atoms with van der Waals surface area (Å²) < 4.78 is 2.56. The number of hydrogen-bond donors (Lipinski definition) is 1. The van der Waals surface area contributed by atoms with Crippen LogP contribution in [0.2, 0.25) is 0 Å². The number of aromatic nitrogens is 4. The molecule has 2 heterocycles. The first-order valence-corrected chi connectivity index (χ1v) is 5.69. The number of nitrogens with two attached hydrogens (primary N) is 1. The molecule has 0 radical (unpaired) electrons. The van der Waals surface area contributed by atoms with Crippen LogP contribution in [0.5, 0.6) is 0 Å². The van der Waals surface area contributed by atoms with Gasteiger partial charge in [-0.2, -0.15) is 5.10 Å². The van der Waals surface area contributed by atoms with Crippen LogP contribution in [0.4, 0.5) is 5.82 Å². The van der Waals surface area contributed by atoms with E-state index in [2.05, 4.69) is 44.8 Å². The van der Waals surface area contributed by atoms with Crippen molar-refractivity contribution in [2.75, 3.05) is 5.73 Å². The van der Waals surface area contributed by atoms with Crippen LogP contribution in [0.15, 0.2) is 23.1 Å². The molecule has 2 N–H and O–H groups in total. The lowest BCUT2D eigenvalue weighted by atomic mass is 10.3. The number of halogens is 1. The average molecular weight is 282 g/mol. The zero-order valence-electron chi connectivity index (χ0n) is 9.05. The van der Waals surface area contributed by atoms with E-state index in [-0.39, 0.29) is 0 Å². The van der Waals surface area contributed by atoms with Gasteiger partial charge >= 0.3 is 0 Å². The second-order valence-electron chi connectivity index (χ2n) is 3.73. The largest absolute Gasteiger partial charge is 0.383 e. The molecule has 0 saturated heterocycles. The number of nitrogens with zero attached hydrogens (tertiary/aromatic N) is 4. The Bertz CT molecular complexity index is 506. The second-order valence-corrected chi connectivity index (χ2v) is 4.58. The molecule has 0 bridgehead atoms. The monoisotopic (exact) mass is 281 g/mol. The molecule has 16 heavy (non-hydrogen) atoms. The van der Waals surface area contributed by atoms with Crippen molar-refractivity contribution in [3.63, 3.8) is 0 Å². The third-order valence-corrected chi connectivity index (χ3v) is 2.77. The highest BCUT2D eigenvalue weighted by atomic mass is 79.9. The SMILES string of the molecule is CC(C)n1cc(-c2ncc(Br)c(N)n2)cn1. The van der Waals surface area contributed by atoms with Gasteiger partial charge in [0.05, 0.1) is 16.2 Å². The Morgan fingerprint density at radius 3 is 2.69 bits per heavy atom. The zero-order valence-corrected chi connectivity index (χ0v) is 10.6. The summed E-state index contributed by atoms with van der Waals surface area (Å²) in [5.74, 6) is 1.02. The van der Waals surface area contributed by atoms with Crippen LogP contribution in [0, 0.1) is 0 Å². The van der Waals surface area contributed by atoms with Crippen molar-refractivity contribution in [3.8, 4) is 11.4 Å². The van der Waals surface area contributed by atoms with Crippen LogP contribution >= 0.6 is 15.9 Å². The maximum atomic E-state index is 5.70. The van der Waals surface area contributed by atoms with Crippen LogP contribution < -0.4 is 5.73 Å². The number of hydrogen-bond acceptors (Lipinski definition) is 4. The average Bonchev–Trinajstić information content (AvgIpc) is 2.71. The van der Waals surface area contributed by atoms with Crippen molar-refractivity contribution in [1.82, 2.24) is 19.7 Å². The van der Waals surface area contributed by atoms with Gasteiger partial charge in [0.1, 0.15) is 5.82 Å². The van der Waals surface area contributed by atoms with E-state index in [1.165, 1.54) is 0 Å². The molecule has 0 atom stereocenters. The van der Waals surface area contributed by atoms with Crippen molar-refractivity contribution in [3.05, 3.63) is 23.1 Å². The first-order valence-electron chi connectivity index (χ1n) is 4.90. The molecule has 2 aromatic rings. The first-order chi connectivity index (χ1) is 7.58. The Labute approximate surface area is 102 Å². The fourth-order valence-corrected chi connectivity index (χ4v) is 1.45. The van der Waals surface area contributed by atoms with E-state index in [1.54, 1.807) is 12.4 Å². The highest BCUT2D eigenvalue weighted by molar-refractivity contribution is 9.10. The van der Waals surface area contributed by atoms with Crippen molar-refractivity contribution < 1.29 is 0 Å². The molecule has 0 aliphatic heterocycles. The fraction of sp³-hybridized carbons (Fsp3) is 0.300. The van der Waals surface area contributed by atoms with Crippen molar-refractivity contribution in [1.29, 1.82) is 0 Å². The molecule has 0 amide bonds. The Balaban J connectivity index is 2.39. The minimum Gasteiger partial charge on any atom is -0.383 e.